The number of hydrogen-bond donors (Lipinski definition) is 4. The van der Waals surface area contributed by atoms with Crippen molar-refractivity contribution < 1.29 is 19.5 Å². The number of carbonyl (C=O) groups is 3. The Labute approximate surface area is 92.4 Å². The molecule has 6 nitrogen and oxygen atoms in total. The van der Waals surface area contributed by atoms with Gasteiger partial charge in [-0.25, -0.2) is 0 Å². The van der Waals surface area contributed by atoms with Crippen LogP contribution in [0.1, 0.15) is 12.8 Å². The van der Waals surface area contributed by atoms with Crippen molar-refractivity contribution in [1.82, 2.24) is 0 Å². The SMILES string of the molecule is N[C@@H](CS)C(=O)C(=O)[C@@H](N)CCC(=O)O. The maximum absolute atomic E-state index is 11.3. The predicted octanol–water partition coefficient (Wildman–Crippen LogP) is -1.43. The summed E-state index contributed by atoms with van der Waals surface area (Å²) in [7, 11) is 0. The van der Waals surface area contributed by atoms with Gasteiger partial charge < -0.3 is 16.6 Å². The van der Waals surface area contributed by atoms with E-state index in [4.69, 9.17) is 16.6 Å². The van der Waals surface area contributed by atoms with Gasteiger partial charge in [-0.15, -0.1) is 0 Å². The van der Waals surface area contributed by atoms with Gasteiger partial charge in [-0.1, -0.05) is 0 Å². The van der Waals surface area contributed by atoms with Crippen LogP contribution in [-0.4, -0.2) is 40.5 Å². The Kier molecular flexibility index (Phi) is 6.14. The van der Waals surface area contributed by atoms with E-state index >= 15 is 0 Å². The third kappa shape index (κ3) is 4.91. The van der Waals surface area contributed by atoms with E-state index in [2.05, 4.69) is 12.6 Å². The second-order valence-electron chi connectivity index (χ2n) is 3.06. The van der Waals surface area contributed by atoms with Gasteiger partial charge in [0.05, 0.1) is 12.1 Å². The first-order valence-electron chi connectivity index (χ1n) is 4.32. The summed E-state index contributed by atoms with van der Waals surface area (Å²) in [6, 6.07) is -2.07. The minimum absolute atomic E-state index is 0.0518. The van der Waals surface area contributed by atoms with Crippen molar-refractivity contribution in [2.45, 2.75) is 24.9 Å². The Morgan fingerprint density at radius 2 is 1.60 bits per heavy atom. The number of aliphatic carboxylic acids is 1. The molecule has 0 aliphatic heterocycles. The monoisotopic (exact) mass is 234 g/mol. The number of ketones is 2. The topological polar surface area (TPSA) is 123 Å². The van der Waals surface area contributed by atoms with Gasteiger partial charge in [0.15, 0.2) is 0 Å². The lowest BCUT2D eigenvalue weighted by Crippen LogP contribution is -2.45. The largest absolute Gasteiger partial charge is 0.481 e. The number of carboxylic acids is 1. The minimum Gasteiger partial charge on any atom is -0.481 e. The summed E-state index contributed by atoms with van der Waals surface area (Å²) >= 11 is 3.77. The fourth-order valence-corrected chi connectivity index (χ4v) is 1.02. The molecule has 0 spiro atoms. The van der Waals surface area contributed by atoms with E-state index in [0.717, 1.165) is 0 Å². The molecule has 15 heavy (non-hydrogen) atoms. The van der Waals surface area contributed by atoms with Gasteiger partial charge in [-0.2, -0.15) is 12.6 Å². The van der Waals surface area contributed by atoms with Gasteiger partial charge >= 0.3 is 5.97 Å². The summed E-state index contributed by atoms with van der Waals surface area (Å²) < 4.78 is 0. The second-order valence-corrected chi connectivity index (χ2v) is 3.42. The van der Waals surface area contributed by atoms with Crippen LogP contribution in [0.4, 0.5) is 0 Å². The number of carboxylic acid groups (broad SMARTS) is 1. The van der Waals surface area contributed by atoms with Crippen LogP contribution in [-0.2, 0) is 14.4 Å². The number of rotatable bonds is 7. The highest BCUT2D eigenvalue weighted by molar-refractivity contribution is 7.80. The van der Waals surface area contributed by atoms with Gasteiger partial charge in [-0.05, 0) is 6.42 Å². The molecule has 0 aromatic heterocycles. The van der Waals surface area contributed by atoms with Gasteiger partial charge in [0.2, 0.25) is 11.6 Å². The molecule has 0 aliphatic carbocycles. The second kappa shape index (κ2) is 6.54. The normalized spacial score (nSPS) is 14.3. The zero-order valence-corrected chi connectivity index (χ0v) is 8.94. The molecule has 0 unspecified atom stereocenters. The highest BCUT2D eigenvalue weighted by atomic mass is 32.1. The van der Waals surface area contributed by atoms with Crippen LogP contribution >= 0.6 is 12.6 Å². The molecule has 0 aliphatic rings. The number of Topliss-reactive ketones (excluding diaryl/α,β-unsaturated/α-hetero) is 2. The molecule has 86 valence electrons. The van der Waals surface area contributed by atoms with Crippen LogP contribution in [0.5, 0.6) is 0 Å². The van der Waals surface area contributed by atoms with Crippen molar-refractivity contribution in [3.63, 3.8) is 0 Å². The number of nitrogens with two attached hydrogens (primary N) is 2. The molecular weight excluding hydrogens is 220 g/mol. The first-order valence-corrected chi connectivity index (χ1v) is 4.95. The fraction of sp³-hybridized carbons (Fsp3) is 0.625. The van der Waals surface area contributed by atoms with Crippen molar-refractivity contribution >= 4 is 30.2 Å². The van der Waals surface area contributed by atoms with Crippen molar-refractivity contribution in [2.75, 3.05) is 5.75 Å². The standard InChI is InChI=1S/C8H14N2O4S/c9-4(1-2-6(11)12)7(13)8(14)5(10)3-15/h4-5,15H,1-3,9-10H2,(H,11,12)/t4-,5-/m0/s1. The first kappa shape index (κ1) is 14.1. The van der Waals surface area contributed by atoms with Crippen molar-refractivity contribution in [3.05, 3.63) is 0 Å². The fourth-order valence-electron chi connectivity index (χ4n) is 0.858. The summed E-state index contributed by atoms with van der Waals surface area (Å²) in [6.07, 6.45) is -0.324. The van der Waals surface area contributed by atoms with Gasteiger partial charge in [0.1, 0.15) is 0 Å². The average Bonchev–Trinajstić information content (AvgIpc) is 2.22. The summed E-state index contributed by atoms with van der Waals surface area (Å²) in [5.74, 6) is -2.65. The molecule has 0 rings (SSSR count). The maximum Gasteiger partial charge on any atom is 0.303 e. The summed E-state index contributed by atoms with van der Waals surface area (Å²) in [4.78, 5) is 32.7. The Bertz CT molecular complexity index is 269. The van der Waals surface area contributed by atoms with Crippen LogP contribution in [0.3, 0.4) is 0 Å². The molecule has 0 aromatic rings. The molecule has 0 amide bonds. The zero-order valence-electron chi connectivity index (χ0n) is 8.05. The molecule has 0 heterocycles. The Balaban J connectivity index is 4.19. The molecule has 7 heteroatoms. The summed E-state index contributed by atoms with van der Waals surface area (Å²) in [5.41, 5.74) is 10.6. The average molecular weight is 234 g/mol. The van der Waals surface area contributed by atoms with Gasteiger partial charge in [-0.3, -0.25) is 14.4 Å². The van der Waals surface area contributed by atoms with Crippen molar-refractivity contribution in [3.8, 4) is 0 Å². The first-order chi connectivity index (χ1) is 6.90. The van der Waals surface area contributed by atoms with Gasteiger partial charge in [0, 0.05) is 12.2 Å². The predicted molar refractivity (Wildman–Crippen MR) is 56.7 cm³/mol. The molecule has 0 saturated heterocycles. The van der Waals surface area contributed by atoms with E-state index in [1.54, 1.807) is 0 Å². The van der Waals surface area contributed by atoms with E-state index in [1.807, 2.05) is 0 Å². The third-order valence-electron chi connectivity index (χ3n) is 1.78. The number of thiol groups is 1. The zero-order chi connectivity index (χ0) is 12.0. The maximum atomic E-state index is 11.3. The van der Waals surface area contributed by atoms with Crippen LogP contribution < -0.4 is 11.5 Å². The molecule has 0 bridgehead atoms. The highest BCUT2D eigenvalue weighted by Gasteiger charge is 2.26. The molecular formula is C8H14N2O4S. The van der Waals surface area contributed by atoms with E-state index < -0.39 is 29.6 Å². The smallest absolute Gasteiger partial charge is 0.303 e. The van der Waals surface area contributed by atoms with Crippen molar-refractivity contribution in [2.24, 2.45) is 11.5 Å². The molecule has 0 fully saturated rings. The van der Waals surface area contributed by atoms with Crippen LogP contribution in [0.25, 0.3) is 0 Å². The summed E-state index contributed by atoms with van der Waals surface area (Å²) in [5, 5.41) is 8.35. The molecule has 2 atom stereocenters. The van der Waals surface area contributed by atoms with Crippen LogP contribution in [0.15, 0.2) is 0 Å². The van der Waals surface area contributed by atoms with Gasteiger partial charge in [0.25, 0.3) is 0 Å². The lowest BCUT2D eigenvalue weighted by Gasteiger charge is -2.11. The Morgan fingerprint density at radius 1 is 1.13 bits per heavy atom. The molecule has 0 radical (unpaired) electrons. The third-order valence-corrected chi connectivity index (χ3v) is 2.18. The molecule has 0 saturated carbocycles. The molecule has 5 N–H and O–H groups in total. The highest BCUT2D eigenvalue weighted by Crippen LogP contribution is 1.99. The Morgan fingerprint density at radius 3 is 2.00 bits per heavy atom. The lowest BCUT2D eigenvalue weighted by atomic mass is 10.0. The lowest BCUT2D eigenvalue weighted by molar-refractivity contribution is -0.139. The van der Waals surface area contributed by atoms with Crippen LogP contribution in [0.2, 0.25) is 0 Å². The Hall–Kier alpha value is -0.920. The van der Waals surface area contributed by atoms with E-state index in [1.165, 1.54) is 0 Å². The quantitative estimate of drug-likeness (QED) is 0.316. The van der Waals surface area contributed by atoms with Crippen molar-refractivity contribution in [1.29, 1.82) is 0 Å². The van der Waals surface area contributed by atoms with E-state index in [-0.39, 0.29) is 18.6 Å². The minimum atomic E-state index is -1.10. The number of carbonyl (C=O) groups excluding carboxylic acids is 2. The summed E-state index contributed by atoms with van der Waals surface area (Å²) in [6.45, 7) is 0. The molecule has 0 aromatic carbocycles. The van der Waals surface area contributed by atoms with E-state index in [9.17, 15) is 14.4 Å². The van der Waals surface area contributed by atoms with Crippen LogP contribution in [0, 0.1) is 0 Å². The number of hydrogen-bond acceptors (Lipinski definition) is 6. The van der Waals surface area contributed by atoms with E-state index in [0.29, 0.717) is 0 Å².